The number of nitrogens with zero attached hydrogens (tertiary/aromatic N) is 3. The SMILES string of the molecule is Cc1nc(-c2ccc(Cl)cc2)sc1C(=O)N1CCN(C2CCS(=O)(=O)C2)CC1. The van der Waals surface area contributed by atoms with Crippen LogP contribution in [-0.4, -0.2) is 72.8 Å². The molecule has 0 bridgehead atoms. The molecule has 3 heterocycles. The summed E-state index contributed by atoms with van der Waals surface area (Å²) in [5.41, 5.74) is 1.69. The van der Waals surface area contributed by atoms with E-state index in [0.717, 1.165) is 16.3 Å². The van der Waals surface area contributed by atoms with Crippen LogP contribution in [0.2, 0.25) is 5.02 Å². The van der Waals surface area contributed by atoms with Crippen molar-refractivity contribution in [3.05, 3.63) is 39.9 Å². The topological polar surface area (TPSA) is 70.6 Å². The number of sulfone groups is 1. The highest BCUT2D eigenvalue weighted by Gasteiger charge is 2.35. The molecular formula is C19H22ClN3O3S2. The number of aromatic nitrogens is 1. The highest BCUT2D eigenvalue weighted by Crippen LogP contribution is 2.30. The van der Waals surface area contributed by atoms with Crippen molar-refractivity contribution in [2.75, 3.05) is 37.7 Å². The third-order valence-corrected chi connectivity index (χ3v) is 8.61. The zero-order valence-corrected chi connectivity index (χ0v) is 18.0. The maximum atomic E-state index is 13.0. The van der Waals surface area contributed by atoms with Crippen molar-refractivity contribution in [2.24, 2.45) is 0 Å². The highest BCUT2D eigenvalue weighted by molar-refractivity contribution is 7.91. The van der Waals surface area contributed by atoms with Crippen molar-refractivity contribution < 1.29 is 13.2 Å². The second-order valence-corrected chi connectivity index (χ2v) is 11.0. The summed E-state index contributed by atoms with van der Waals surface area (Å²) in [4.78, 5) is 22.3. The minimum Gasteiger partial charge on any atom is -0.335 e. The number of carbonyl (C=O) groups excluding carboxylic acids is 1. The normalized spacial score (nSPS) is 22.5. The van der Waals surface area contributed by atoms with Gasteiger partial charge in [0.25, 0.3) is 5.91 Å². The Bertz CT molecular complexity index is 980. The standard InChI is InChI=1S/C19H22ClN3O3S2/c1-13-17(27-18(21-13)14-2-4-15(20)5-3-14)19(24)23-9-7-22(8-10-23)16-6-11-28(25,26)12-16/h2-5,16H,6-12H2,1H3. The van der Waals surface area contributed by atoms with E-state index in [1.807, 2.05) is 36.1 Å². The van der Waals surface area contributed by atoms with Gasteiger partial charge < -0.3 is 4.90 Å². The molecule has 1 atom stereocenters. The van der Waals surface area contributed by atoms with E-state index in [1.54, 1.807) is 0 Å². The van der Waals surface area contributed by atoms with Gasteiger partial charge in [0, 0.05) is 42.8 Å². The van der Waals surface area contributed by atoms with Crippen molar-refractivity contribution in [3.63, 3.8) is 0 Å². The molecule has 1 unspecified atom stereocenters. The van der Waals surface area contributed by atoms with E-state index in [2.05, 4.69) is 9.88 Å². The largest absolute Gasteiger partial charge is 0.335 e. The maximum Gasteiger partial charge on any atom is 0.265 e. The van der Waals surface area contributed by atoms with Crippen molar-refractivity contribution >= 4 is 38.7 Å². The molecule has 2 fully saturated rings. The van der Waals surface area contributed by atoms with Gasteiger partial charge in [0.1, 0.15) is 9.88 Å². The van der Waals surface area contributed by atoms with Crippen LogP contribution in [0.4, 0.5) is 0 Å². The van der Waals surface area contributed by atoms with Crippen molar-refractivity contribution in [2.45, 2.75) is 19.4 Å². The zero-order chi connectivity index (χ0) is 19.9. The number of amides is 1. The van der Waals surface area contributed by atoms with E-state index < -0.39 is 9.84 Å². The molecule has 2 aliphatic rings. The molecule has 2 saturated heterocycles. The Balaban J connectivity index is 1.42. The summed E-state index contributed by atoms with van der Waals surface area (Å²) in [5, 5.41) is 1.48. The van der Waals surface area contributed by atoms with Gasteiger partial charge in [0.2, 0.25) is 0 Å². The number of thiazole rings is 1. The summed E-state index contributed by atoms with van der Waals surface area (Å²) in [6, 6.07) is 7.55. The number of aryl methyl sites for hydroxylation is 1. The Morgan fingerprint density at radius 2 is 1.86 bits per heavy atom. The van der Waals surface area contributed by atoms with Gasteiger partial charge >= 0.3 is 0 Å². The second-order valence-electron chi connectivity index (χ2n) is 7.33. The van der Waals surface area contributed by atoms with Crippen LogP contribution >= 0.6 is 22.9 Å². The van der Waals surface area contributed by atoms with Gasteiger partial charge in [-0.15, -0.1) is 11.3 Å². The molecule has 150 valence electrons. The van der Waals surface area contributed by atoms with Crippen LogP contribution in [0, 0.1) is 6.92 Å². The van der Waals surface area contributed by atoms with E-state index in [-0.39, 0.29) is 23.5 Å². The molecule has 6 nitrogen and oxygen atoms in total. The molecule has 0 radical (unpaired) electrons. The lowest BCUT2D eigenvalue weighted by Crippen LogP contribution is -2.52. The van der Waals surface area contributed by atoms with Gasteiger partial charge in [-0.05, 0) is 25.5 Å². The first kappa shape index (κ1) is 19.8. The summed E-state index contributed by atoms with van der Waals surface area (Å²) in [6.45, 7) is 4.52. The van der Waals surface area contributed by atoms with Crippen LogP contribution in [0.1, 0.15) is 21.8 Å². The summed E-state index contributed by atoms with van der Waals surface area (Å²) in [6.07, 6.45) is 0.703. The van der Waals surface area contributed by atoms with Crippen molar-refractivity contribution in [1.82, 2.24) is 14.8 Å². The first-order chi connectivity index (χ1) is 13.3. The van der Waals surface area contributed by atoms with Crippen LogP contribution in [0.5, 0.6) is 0 Å². The molecular weight excluding hydrogens is 418 g/mol. The predicted molar refractivity (Wildman–Crippen MR) is 112 cm³/mol. The quantitative estimate of drug-likeness (QED) is 0.735. The summed E-state index contributed by atoms with van der Waals surface area (Å²) in [5.74, 6) is 0.540. The molecule has 0 aliphatic carbocycles. The van der Waals surface area contributed by atoms with Gasteiger partial charge in [-0.1, -0.05) is 23.7 Å². The van der Waals surface area contributed by atoms with Crippen molar-refractivity contribution in [1.29, 1.82) is 0 Å². The van der Waals surface area contributed by atoms with E-state index in [9.17, 15) is 13.2 Å². The summed E-state index contributed by atoms with van der Waals surface area (Å²) < 4.78 is 23.4. The fourth-order valence-corrected chi connectivity index (χ4v) is 6.74. The molecule has 0 N–H and O–H groups in total. The van der Waals surface area contributed by atoms with Gasteiger partial charge in [-0.2, -0.15) is 0 Å². The first-order valence-electron chi connectivity index (χ1n) is 9.29. The number of rotatable bonds is 3. The lowest BCUT2D eigenvalue weighted by molar-refractivity contribution is 0.0591. The fourth-order valence-electron chi connectivity index (χ4n) is 3.81. The van der Waals surface area contributed by atoms with Crippen LogP contribution in [0.15, 0.2) is 24.3 Å². The van der Waals surface area contributed by atoms with Crippen LogP contribution < -0.4 is 0 Å². The van der Waals surface area contributed by atoms with Gasteiger partial charge in [-0.3, -0.25) is 9.69 Å². The summed E-state index contributed by atoms with van der Waals surface area (Å²) in [7, 11) is -2.89. The molecule has 2 aromatic rings. The average Bonchev–Trinajstić information content (AvgIpc) is 3.24. The Kier molecular flexibility index (Phi) is 5.48. The Morgan fingerprint density at radius 3 is 2.46 bits per heavy atom. The van der Waals surface area contributed by atoms with Crippen LogP contribution in [0.25, 0.3) is 10.6 Å². The smallest absolute Gasteiger partial charge is 0.265 e. The van der Waals surface area contributed by atoms with E-state index in [0.29, 0.717) is 42.5 Å². The molecule has 1 aromatic heterocycles. The first-order valence-corrected chi connectivity index (χ1v) is 12.3. The highest BCUT2D eigenvalue weighted by atomic mass is 35.5. The molecule has 1 aromatic carbocycles. The number of carbonyl (C=O) groups is 1. The lowest BCUT2D eigenvalue weighted by atomic mass is 10.2. The van der Waals surface area contributed by atoms with Gasteiger partial charge in [0.15, 0.2) is 9.84 Å². The van der Waals surface area contributed by atoms with Gasteiger partial charge in [0.05, 0.1) is 17.2 Å². The van der Waals surface area contributed by atoms with Crippen LogP contribution in [0.3, 0.4) is 0 Å². The molecule has 4 rings (SSSR count). The molecule has 9 heteroatoms. The average molecular weight is 440 g/mol. The number of halogens is 1. The Labute approximate surface area is 174 Å². The van der Waals surface area contributed by atoms with E-state index >= 15 is 0 Å². The zero-order valence-electron chi connectivity index (χ0n) is 15.6. The number of benzene rings is 1. The Hall–Kier alpha value is -1.48. The number of hydrogen-bond acceptors (Lipinski definition) is 6. The minimum atomic E-state index is -2.89. The lowest BCUT2D eigenvalue weighted by Gasteiger charge is -2.37. The van der Waals surface area contributed by atoms with Crippen LogP contribution in [-0.2, 0) is 9.84 Å². The predicted octanol–water partition coefficient (Wildman–Crippen LogP) is 2.72. The molecule has 0 spiro atoms. The van der Waals surface area contributed by atoms with Gasteiger partial charge in [-0.25, -0.2) is 13.4 Å². The monoisotopic (exact) mass is 439 g/mol. The fraction of sp³-hybridized carbons (Fsp3) is 0.474. The van der Waals surface area contributed by atoms with E-state index in [4.69, 9.17) is 11.6 Å². The summed E-state index contributed by atoms with van der Waals surface area (Å²) >= 11 is 7.35. The Morgan fingerprint density at radius 1 is 1.18 bits per heavy atom. The van der Waals surface area contributed by atoms with Crippen molar-refractivity contribution in [3.8, 4) is 10.6 Å². The molecule has 2 aliphatic heterocycles. The number of piperazine rings is 1. The molecule has 0 saturated carbocycles. The third kappa shape index (κ3) is 4.10. The maximum absolute atomic E-state index is 13.0. The second kappa shape index (κ2) is 7.74. The van der Waals surface area contributed by atoms with E-state index in [1.165, 1.54) is 11.3 Å². The molecule has 28 heavy (non-hydrogen) atoms. The minimum absolute atomic E-state index is 0.00825. The third-order valence-electron chi connectivity index (χ3n) is 5.41. The number of hydrogen-bond donors (Lipinski definition) is 0. The molecule has 1 amide bonds.